The van der Waals surface area contributed by atoms with Crippen LogP contribution in [0, 0.1) is 12.8 Å². The summed E-state index contributed by atoms with van der Waals surface area (Å²) in [5.41, 5.74) is 2.56. The third kappa shape index (κ3) is 2.84. The maximum atomic E-state index is 11.6. The summed E-state index contributed by atoms with van der Waals surface area (Å²) in [6.45, 7) is 5.98. The molecule has 0 radical (unpaired) electrons. The minimum Gasteiger partial charge on any atom is -0.423 e. The van der Waals surface area contributed by atoms with Crippen molar-refractivity contribution in [2.45, 2.75) is 27.2 Å². The van der Waals surface area contributed by atoms with E-state index in [1.807, 2.05) is 39.0 Å². The average Bonchev–Trinajstić information content (AvgIpc) is 2.57. The Morgan fingerprint density at radius 2 is 2.24 bits per heavy atom. The Balaban J connectivity index is 2.17. The Labute approximate surface area is 100 Å². The molecular weight excluding hydrogens is 216 g/mol. The van der Waals surface area contributed by atoms with Crippen molar-refractivity contribution in [2.24, 2.45) is 5.92 Å². The molecule has 4 heteroatoms. The molecular formula is C13H16N2O2. The lowest BCUT2D eigenvalue weighted by atomic mass is 10.1. The first kappa shape index (κ1) is 11.6. The van der Waals surface area contributed by atoms with Gasteiger partial charge >= 0.3 is 6.01 Å². The van der Waals surface area contributed by atoms with Gasteiger partial charge in [-0.05, 0) is 30.5 Å². The Hall–Kier alpha value is -1.84. The van der Waals surface area contributed by atoms with Crippen molar-refractivity contribution in [3.05, 3.63) is 23.8 Å². The van der Waals surface area contributed by atoms with Crippen molar-refractivity contribution in [3.63, 3.8) is 0 Å². The molecule has 0 saturated heterocycles. The first-order valence-electron chi connectivity index (χ1n) is 5.71. The molecule has 1 heterocycles. The number of nitrogens with one attached hydrogen (secondary N) is 1. The highest BCUT2D eigenvalue weighted by Gasteiger charge is 2.10. The Morgan fingerprint density at radius 1 is 1.47 bits per heavy atom. The molecule has 1 aromatic heterocycles. The van der Waals surface area contributed by atoms with Gasteiger partial charge < -0.3 is 4.42 Å². The van der Waals surface area contributed by atoms with Gasteiger partial charge in [-0.25, -0.2) is 0 Å². The number of oxazole rings is 1. The molecule has 90 valence electrons. The quantitative estimate of drug-likeness (QED) is 0.884. The van der Waals surface area contributed by atoms with Gasteiger partial charge in [0.25, 0.3) is 0 Å². The van der Waals surface area contributed by atoms with E-state index in [2.05, 4.69) is 10.3 Å². The first-order valence-corrected chi connectivity index (χ1v) is 5.71. The van der Waals surface area contributed by atoms with Crippen molar-refractivity contribution < 1.29 is 9.21 Å². The van der Waals surface area contributed by atoms with Crippen LogP contribution in [-0.4, -0.2) is 10.9 Å². The summed E-state index contributed by atoms with van der Waals surface area (Å²) in [6.07, 6.45) is 0.470. The van der Waals surface area contributed by atoms with Crippen LogP contribution < -0.4 is 5.32 Å². The van der Waals surface area contributed by atoms with Crippen LogP contribution in [0.25, 0.3) is 11.1 Å². The van der Waals surface area contributed by atoms with Gasteiger partial charge in [0.2, 0.25) is 5.91 Å². The lowest BCUT2D eigenvalue weighted by molar-refractivity contribution is -0.116. The summed E-state index contributed by atoms with van der Waals surface area (Å²) >= 11 is 0. The highest BCUT2D eigenvalue weighted by atomic mass is 16.4. The van der Waals surface area contributed by atoms with Gasteiger partial charge in [0, 0.05) is 6.42 Å². The van der Waals surface area contributed by atoms with Crippen LogP contribution in [0.5, 0.6) is 0 Å². The maximum absolute atomic E-state index is 11.6. The van der Waals surface area contributed by atoms with Crippen LogP contribution in [0.4, 0.5) is 6.01 Å². The highest BCUT2D eigenvalue weighted by molar-refractivity contribution is 5.90. The largest absolute Gasteiger partial charge is 0.423 e. The number of aryl methyl sites for hydroxylation is 1. The second-order valence-corrected chi connectivity index (χ2v) is 4.64. The number of nitrogens with zero attached hydrogens (tertiary/aromatic N) is 1. The normalized spacial score (nSPS) is 11.1. The molecule has 2 rings (SSSR count). The van der Waals surface area contributed by atoms with E-state index >= 15 is 0 Å². The van der Waals surface area contributed by atoms with E-state index in [1.165, 1.54) is 0 Å². The number of fused-ring (bicyclic) bond motifs is 1. The molecule has 2 aromatic rings. The molecule has 0 spiro atoms. The van der Waals surface area contributed by atoms with Crippen LogP contribution in [0.1, 0.15) is 25.8 Å². The van der Waals surface area contributed by atoms with E-state index in [1.54, 1.807) is 0 Å². The number of benzene rings is 1. The zero-order valence-corrected chi connectivity index (χ0v) is 10.3. The van der Waals surface area contributed by atoms with Crippen LogP contribution in [0.3, 0.4) is 0 Å². The predicted molar refractivity (Wildman–Crippen MR) is 66.8 cm³/mol. The van der Waals surface area contributed by atoms with Crippen LogP contribution >= 0.6 is 0 Å². The van der Waals surface area contributed by atoms with E-state index in [0.29, 0.717) is 17.9 Å². The maximum Gasteiger partial charge on any atom is 0.302 e. The van der Waals surface area contributed by atoms with E-state index in [0.717, 1.165) is 11.1 Å². The number of anilines is 1. The van der Waals surface area contributed by atoms with Gasteiger partial charge in [0.1, 0.15) is 5.52 Å². The van der Waals surface area contributed by atoms with Gasteiger partial charge in [-0.3, -0.25) is 10.1 Å². The molecule has 1 aromatic carbocycles. The summed E-state index contributed by atoms with van der Waals surface area (Å²) in [6, 6.07) is 6.02. The van der Waals surface area contributed by atoms with Crippen molar-refractivity contribution in [1.29, 1.82) is 0 Å². The highest BCUT2D eigenvalue weighted by Crippen LogP contribution is 2.20. The monoisotopic (exact) mass is 232 g/mol. The Morgan fingerprint density at radius 3 is 2.94 bits per heavy atom. The molecule has 0 bridgehead atoms. The number of rotatable bonds is 3. The standard InChI is InChI=1S/C13H16N2O2/c1-8(2)6-12(16)15-13-14-10-5-4-9(3)7-11(10)17-13/h4-5,7-8H,6H2,1-3H3,(H,14,15,16). The number of aromatic nitrogens is 1. The number of amides is 1. The third-order valence-corrected chi connectivity index (χ3v) is 2.38. The van der Waals surface area contributed by atoms with Crippen molar-refractivity contribution in [1.82, 2.24) is 4.98 Å². The van der Waals surface area contributed by atoms with Gasteiger partial charge in [-0.2, -0.15) is 4.98 Å². The zero-order valence-electron chi connectivity index (χ0n) is 10.3. The molecule has 0 aliphatic heterocycles. The number of hydrogen-bond donors (Lipinski definition) is 1. The lowest BCUT2D eigenvalue weighted by Gasteiger charge is -2.02. The molecule has 17 heavy (non-hydrogen) atoms. The number of carbonyl (C=O) groups excluding carboxylic acids is 1. The van der Waals surface area contributed by atoms with Gasteiger partial charge in [0.15, 0.2) is 5.58 Å². The third-order valence-electron chi connectivity index (χ3n) is 2.38. The molecule has 1 N–H and O–H groups in total. The van der Waals surface area contributed by atoms with Crippen molar-refractivity contribution in [3.8, 4) is 0 Å². The fourth-order valence-electron chi connectivity index (χ4n) is 1.63. The lowest BCUT2D eigenvalue weighted by Crippen LogP contribution is -2.13. The minimum atomic E-state index is -0.0664. The first-order chi connectivity index (χ1) is 8.04. The van der Waals surface area contributed by atoms with E-state index in [4.69, 9.17) is 4.42 Å². The van der Waals surface area contributed by atoms with Crippen LogP contribution in [-0.2, 0) is 4.79 Å². The molecule has 1 amide bonds. The summed E-state index contributed by atoms with van der Waals surface area (Å²) in [5.74, 6) is 0.255. The molecule has 0 fully saturated rings. The predicted octanol–water partition coefficient (Wildman–Crippen LogP) is 3.12. The molecule has 0 aliphatic rings. The van der Waals surface area contributed by atoms with E-state index < -0.39 is 0 Å². The van der Waals surface area contributed by atoms with E-state index in [-0.39, 0.29) is 11.9 Å². The average molecular weight is 232 g/mol. The summed E-state index contributed by atoms with van der Waals surface area (Å²) in [4.78, 5) is 15.8. The second kappa shape index (κ2) is 4.57. The molecule has 0 saturated carbocycles. The summed E-state index contributed by atoms with van der Waals surface area (Å²) in [7, 11) is 0. The topological polar surface area (TPSA) is 55.1 Å². The molecule has 4 nitrogen and oxygen atoms in total. The summed E-state index contributed by atoms with van der Waals surface area (Å²) in [5, 5.41) is 2.67. The Kier molecular flexibility index (Phi) is 3.13. The number of hydrogen-bond acceptors (Lipinski definition) is 3. The second-order valence-electron chi connectivity index (χ2n) is 4.64. The van der Waals surface area contributed by atoms with Gasteiger partial charge in [0.05, 0.1) is 0 Å². The SMILES string of the molecule is Cc1ccc2nc(NC(=O)CC(C)C)oc2c1. The zero-order chi connectivity index (χ0) is 12.4. The van der Waals surface area contributed by atoms with Crippen LogP contribution in [0.15, 0.2) is 22.6 Å². The number of carbonyl (C=O) groups is 1. The summed E-state index contributed by atoms with van der Waals surface area (Å²) < 4.78 is 5.46. The van der Waals surface area contributed by atoms with Crippen molar-refractivity contribution in [2.75, 3.05) is 5.32 Å². The molecule has 0 unspecified atom stereocenters. The van der Waals surface area contributed by atoms with Crippen LogP contribution in [0.2, 0.25) is 0 Å². The fourth-order valence-corrected chi connectivity index (χ4v) is 1.63. The fraction of sp³-hybridized carbons (Fsp3) is 0.385. The van der Waals surface area contributed by atoms with E-state index in [9.17, 15) is 4.79 Å². The van der Waals surface area contributed by atoms with Gasteiger partial charge in [-0.1, -0.05) is 19.9 Å². The van der Waals surface area contributed by atoms with Gasteiger partial charge in [-0.15, -0.1) is 0 Å². The Bertz CT molecular complexity index is 543. The smallest absolute Gasteiger partial charge is 0.302 e. The minimum absolute atomic E-state index is 0.0664. The molecule has 0 aliphatic carbocycles. The van der Waals surface area contributed by atoms with Crippen molar-refractivity contribution >= 4 is 23.0 Å². The molecule has 0 atom stereocenters.